The molecule has 24 heavy (non-hydrogen) atoms. The van der Waals surface area contributed by atoms with Crippen LogP contribution in [0.2, 0.25) is 0 Å². The van der Waals surface area contributed by atoms with Crippen LogP contribution < -0.4 is 5.56 Å². The van der Waals surface area contributed by atoms with E-state index in [0.717, 1.165) is 5.56 Å². The van der Waals surface area contributed by atoms with Crippen LogP contribution in [-0.2, 0) is 26.4 Å². The molecular weight excluding hydrogens is 332 g/mol. The quantitative estimate of drug-likeness (QED) is 0.480. The summed E-state index contributed by atoms with van der Waals surface area (Å²) >= 11 is 1.29. The van der Waals surface area contributed by atoms with Gasteiger partial charge >= 0.3 is 11.9 Å². The maximum atomic E-state index is 11.7. The van der Waals surface area contributed by atoms with Crippen LogP contribution in [0.15, 0.2) is 40.3 Å². The molecule has 1 aromatic heterocycles. The maximum absolute atomic E-state index is 11.7. The Balaban J connectivity index is 2.10. The molecule has 2 aromatic rings. The van der Waals surface area contributed by atoms with Crippen molar-refractivity contribution in [2.75, 3.05) is 14.2 Å². The number of carbonyl (C=O) groups excluding carboxylic acids is 2. The number of aromatic amines is 1. The lowest BCUT2D eigenvalue weighted by Crippen LogP contribution is -2.13. The minimum absolute atomic E-state index is 0.0637. The number of hydrogen-bond acceptors (Lipinski definition) is 7. The molecule has 0 radical (unpaired) electrons. The predicted molar refractivity (Wildman–Crippen MR) is 87.9 cm³/mol. The predicted octanol–water partition coefficient (Wildman–Crippen LogP) is 1.56. The van der Waals surface area contributed by atoms with Gasteiger partial charge in [0.15, 0.2) is 5.16 Å². The average molecular weight is 348 g/mol. The SMILES string of the molecule is COC(=O)Cc1cc(=O)[nH]c(SCc2cccc(C(=O)OC)c2)n1. The number of aromatic nitrogens is 2. The number of nitrogens with zero attached hydrogens (tertiary/aromatic N) is 1. The fourth-order valence-electron chi connectivity index (χ4n) is 1.92. The Kier molecular flexibility index (Phi) is 6.14. The van der Waals surface area contributed by atoms with Crippen molar-refractivity contribution in [3.05, 3.63) is 57.5 Å². The van der Waals surface area contributed by atoms with E-state index in [1.54, 1.807) is 18.2 Å². The van der Waals surface area contributed by atoms with E-state index >= 15 is 0 Å². The van der Waals surface area contributed by atoms with Crippen LogP contribution in [0.1, 0.15) is 21.6 Å². The van der Waals surface area contributed by atoms with Crippen LogP contribution in [0.4, 0.5) is 0 Å². The van der Waals surface area contributed by atoms with E-state index in [1.807, 2.05) is 6.07 Å². The second-order valence-corrected chi connectivity index (χ2v) is 5.74. The summed E-state index contributed by atoms with van der Waals surface area (Å²) in [5.41, 5.74) is 1.34. The van der Waals surface area contributed by atoms with Crippen molar-refractivity contribution < 1.29 is 19.1 Å². The van der Waals surface area contributed by atoms with Crippen LogP contribution in [-0.4, -0.2) is 36.1 Å². The standard InChI is InChI=1S/C16H16N2O5S/c1-22-14(20)8-12-7-13(19)18-16(17-12)24-9-10-4-3-5-11(6-10)15(21)23-2/h3-7H,8-9H2,1-2H3,(H,17,18,19). The minimum Gasteiger partial charge on any atom is -0.469 e. The van der Waals surface area contributed by atoms with E-state index in [2.05, 4.69) is 19.4 Å². The Morgan fingerprint density at radius 2 is 2.00 bits per heavy atom. The Morgan fingerprint density at radius 1 is 1.21 bits per heavy atom. The molecule has 0 aliphatic carbocycles. The van der Waals surface area contributed by atoms with Crippen molar-refractivity contribution in [1.29, 1.82) is 0 Å². The van der Waals surface area contributed by atoms with E-state index in [1.165, 1.54) is 32.0 Å². The lowest BCUT2D eigenvalue weighted by molar-refractivity contribution is -0.139. The zero-order chi connectivity index (χ0) is 17.5. The number of ether oxygens (including phenoxy) is 2. The molecule has 7 nitrogen and oxygen atoms in total. The molecule has 1 N–H and O–H groups in total. The summed E-state index contributed by atoms with van der Waals surface area (Å²) in [6.45, 7) is 0. The normalized spacial score (nSPS) is 10.2. The van der Waals surface area contributed by atoms with Gasteiger partial charge in [0.25, 0.3) is 5.56 Å². The highest BCUT2D eigenvalue weighted by Gasteiger charge is 2.09. The number of hydrogen-bond donors (Lipinski definition) is 1. The number of thioether (sulfide) groups is 1. The molecular formula is C16H16N2O5S. The van der Waals surface area contributed by atoms with Gasteiger partial charge < -0.3 is 14.5 Å². The summed E-state index contributed by atoms with van der Waals surface area (Å²) in [5.74, 6) is -0.376. The van der Waals surface area contributed by atoms with Gasteiger partial charge in [-0.25, -0.2) is 9.78 Å². The zero-order valence-electron chi connectivity index (χ0n) is 13.2. The van der Waals surface area contributed by atoms with Crippen LogP contribution >= 0.6 is 11.8 Å². The van der Waals surface area contributed by atoms with Crippen molar-refractivity contribution in [3.63, 3.8) is 0 Å². The summed E-state index contributed by atoms with van der Waals surface area (Å²) in [4.78, 5) is 41.3. The molecule has 0 unspecified atom stereocenters. The Hall–Kier alpha value is -2.61. The third-order valence-corrected chi connectivity index (χ3v) is 3.99. The van der Waals surface area contributed by atoms with Gasteiger partial charge in [-0.2, -0.15) is 0 Å². The van der Waals surface area contributed by atoms with Crippen LogP contribution in [0.25, 0.3) is 0 Å². The molecule has 0 atom stereocenters. The first-order valence-corrected chi connectivity index (χ1v) is 7.97. The van der Waals surface area contributed by atoms with Gasteiger partial charge in [0.1, 0.15) is 0 Å². The van der Waals surface area contributed by atoms with E-state index in [-0.39, 0.29) is 12.0 Å². The summed E-state index contributed by atoms with van der Waals surface area (Å²) in [6.07, 6.45) is -0.0637. The molecule has 0 spiro atoms. The first-order valence-electron chi connectivity index (χ1n) is 6.99. The molecule has 0 bridgehead atoms. The summed E-state index contributed by atoms with van der Waals surface area (Å²) in [7, 11) is 2.60. The highest BCUT2D eigenvalue weighted by atomic mass is 32.2. The largest absolute Gasteiger partial charge is 0.469 e. The lowest BCUT2D eigenvalue weighted by Gasteiger charge is -2.05. The maximum Gasteiger partial charge on any atom is 0.337 e. The van der Waals surface area contributed by atoms with Gasteiger partial charge in [0, 0.05) is 11.8 Å². The molecule has 1 aromatic carbocycles. The van der Waals surface area contributed by atoms with Crippen molar-refractivity contribution in [2.24, 2.45) is 0 Å². The Labute approximate surface area is 142 Å². The second kappa shape index (κ2) is 8.30. The van der Waals surface area contributed by atoms with Crippen molar-refractivity contribution in [3.8, 4) is 0 Å². The molecule has 126 valence electrons. The van der Waals surface area contributed by atoms with Crippen molar-refractivity contribution in [1.82, 2.24) is 9.97 Å². The first kappa shape index (κ1) is 17.7. The van der Waals surface area contributed by atoms with Gasteiger partial charge in [0.2, 0.25) is 0 Å². The van der Waals surface area contributed by atoms with Crippen LogP contribution in [0.5, 0.6) is 0 Å². The third-order valence-electron chi connectivity index (χ3n) is 3.05. The highest BCUT2D eigenvalue weighted by molar-refractivity contribution is 7.98. The fraction of sp³-hybridized carbons (Fsp3) is 0.250. The zero-order valence-corrected chi connectivity index (χ0v) is 14.0. The van der Waals surface area contributed by atoms with E-state index in [0.29, 0.717) is 22.2 Å². The van der Waals surface area contributed by atoms with Gasteiger partial charge in [-0.15, -0.1) is 0 Å². The number of carbonyl (C=O) groups is 2. The average Bonchev–Trinajstić information content (AvgIpc) is 2.59. The lowest BCUT2D eigenvalue weighted by atomic mass is 10.1. The van der Waals surface area contributed by atoms with Gasteiger partial charge in [-0.05, 0) is 17.7 Å². The number of esters is 2. The molecule has 2 rings (SSSR count). The number of methoxy groups -OCH3 is 2. The fourth-order valence-corrected chi connectivity index (χ4v) is 2.76. The molecule has 0 fully saturated rings. The molecule has 0 saturated heterocycles. The Morgan fingerprint density at radius 3 is 2.71 bits per heavy atom. The van der Waals surface area contributed by atoms with Crippen LogP contribution in [0, 0.1) is 0 Å². The molecule has 1 heterocycles. The molecule has 0 aliphatic heterocycles. The van der Waals surface area contributed by atoms with E-state index in [4.69, 9.17) is 0 Å². The second-order valence-electron chi connectivity index (χ2n) is 4.78. The Bertz CT molecular complexity index is 803. The van der Waals surface area contributed by atoms with Crippen LogP contribution in [0.3, 0.4) is 0 Å². The van der Waals surface area contributed by atoms with E-state index < -0.39 is 11.9 Å². The van der Waals surface area contributed by atoms with Gasteiger partial charge in [0.05, 0.1) is 31.9 Å². The van der Waals surface area contributed by atoms with E-state index in [9.17, 15) is 14.4 Å². The number of rotatable bonds is 6. The summed E-state index contributed by atoms with van der Waals surface area (Å²) in [5, 5.41) is 0.393. The van der Waals surface area contributed by atoms with Crippen molar-refractivity contribution >= 4 is 23.7 Å². The first-order chi connectivity index (χ1) is 11.5. The van der Waals surface area contributed by atoms with Crippen molar-refractivity contribution in [2.45, 2.75) is 17.3 Å². The topological polar surface area (TPSA) is 98.4 Å². The highest BCUT2D eigenvalue weighted by Crippen LogP contribution is 2.19. The number of H-pyrrole nitrogens is 1. The molecule has 0 saturated carbocycles. The number of nitrogens with one attached hydrogen (secondary N) is 1. The van der Waals surface area contributed by atoms with Gasteiger partial charge in [-0.3, -0.25) is 9.59 Å². The third kappa shape index (κ3) is 4.95. The summed E-state index contributed by atoms with van der Waals surface area (Å²) < 4.78 is 9.25. The molecule has 0 amide bonds. The number of benzene rings is 1. The monoisotopic (exact) mass is 348 g/mol. The summed E-state index contributed by atoms with van der Waals surface area (Å²) in [6, 6.07) is 8.26. The molecule has 0 aliphatic rings. The molecule has 8 heteroatoms. The smallest absolute Gasteiger partial charge is 0.337 e. The van der Waals surface area contributed by atoms with Gasteiger partial charge in [-0.1, -0.05) is 23.9 Å². The minimum atomic E-state index is -0.463.